The monoisotopic (exact) mass is 228 g/mol. The first kappa shape index (κ1) is 9.78. The van der Waals surface area contributed by atoms with E-state index in [-0.39, 0.29) is 0 Å². The Kier molecular flexibility index (Phi) is 1.84. The molecule has 82 valence electrons. The SMILES string of the molecule is [B]c1ccc2oc3ccc4ccccc4c3c2c1. The molecule has 0 atom stereocenters. The molecule has 4 rings (SSSR count). The van der Waals surface area contributed by atoms with E-state index in [0.717, 1.165) is 27.4 Å². The zero-order chi connectivity index (χ0) is 12.1. The van der Waals surface area contributed by atoms with Gasteiger partial charge in [-0.1, -0.05) is 47.9 Å². The highest BCUT2D eigenvalue weighted by molar-refractivity contribution is 6.34. The fourth-order valence-corrected chi connectivity index (χ4v) is 2.56. The van der Waals surface area contributed by atoms with Gasteiger partial charge in [0.05, 0.1) is 0 Å². The van der Waals surface area contributed by atoms with Gasteiger partial charge in [0.1, 0.15) is 19.0 Å². The molecule has 0 saturated carbocycles. The molecule has 0 aliphatic carbocycles. The van der Waals surface area contributed by atoms with Gasteiger partial charge in [0.25, 0.3) is 0 Å². The van der Waals surface area contributed by atoms with E-state index in [4.69, 9.17) is 12.3 Å². The van der Waals surface area contributed by atoms with Crippen LogP contribution in [0.25, 0.3) is 32.7 Å². The Balaban J connectivity index is 2.35. The lowest BCUT2D eigenvalue weighted by atomic mass is 9.94. The Morgan fingerprint density at radius 2 is 1.61 bits per heavy atom. The van der Waals surface area contributed by atoms with Crippen molar-refractivity contribution < 1.29 is 4.42 Å². The Hall–Kier alpha value is -2.22. The summed E-state index contributed by atoms with van der Waals surface area (Å²) in [4.78, 5) is 0. The molecule has 0 spiro atoms. The predicted molar refractivity (Wildman–Crippen MR) is 76.6 cm³/mol. The van der Waals surface area contributed by atoms with E-state index < -0.39 is 0 Å². The summed E-state index contributed by atoms with van der Waals surface area (Å²) in [6.07, 6.45) is 0. The van der Waals surface area contributed by atoms with Crippen LogP contribution in [-0.2, 0) is 0 Å². The number of benzene rings is 3. The lowest BCUT2D eigenvalue weighted by Gasteiger charge is -1.98. The molecule has 2 heteroatoms. The number of rotatable bonds is 0. The summed E-state index contributed by atoms with van der Waals surface area (Å²) in [5.41, 5.74) is 2.56. The van der Waals surface area contributed by atoms with Gasteiger partial charge in [-0.25, -0.2) is 0 Å². The van der Waals surface area contributed by atoms with Crippen LogP contribution in [0.5, 0.6) is 0 Å². The predicted octanol–water partition coefficient (Wildman–Crippen LogP) is 3.53. The summed E-state index contributed by atoms with van der Waals surface area (Å²) in [6.45, 7) is 0. The minimum absolute atomic E-state index is 0.762. The molecular weight excluding hydrogens is 219 g/mol. The number of hydrogen-bond donors (Lipinski definition) is 0. The Morgan fingerprint density at radius 1 is 0.778 bits per heavy atom. The third-order valence-corrected chi connectivity index (χ3v) is 3.38. The molecule has 0 N–H and O–H groups in total. The summed E-state index contributed by atoms with van der Waals surface area (Å²) in [7, 11) is 5.88. The maximum atomic E-state index is 5.88. The van der Waals surface area contributed by atoms with Crippen LogP contribution in [0.4, 0.5) is 0 Å². The van der Waals surface area contributed by atoms with Crippen LogP contribution in [0.2, 0.25) is 0 Å². The van der Waals surface area contributed by atoms with Crippen molar-refractivity contribution in [2.45, 2.75) is 0 Å². The maximum Gasteiger partial charge on any atom is 0.136 e. The molecule has 0 amide bonds. The fraction of sp³-hybridized carbons (Fsp3) is 0. The first-order valence-corrected chi connectivity index (χ1v) is 5.92. The minimum atomic E-state index is 0.762. The van der Waals surface area contributed by atoms with Gasteiger partial charge in [-0.3, -0.25) is 0 Å². The quantitative estimate of drug-likeness (QED) is 0.419. The van der Waals surface area contributed by atoms with E-state index in [9.17, 15) is 0 Å². The van der Waals surface area contributed by atoms with Crippen LogP contribution >= 0.6 is 0 Å². The summed E-state index contributed by atoms with van der Waals surface area (Å²) in [5, 5.41) is 4.66. The lowest BCUT2D eigenvalue weighted by Crippen LogP contribution is -1.98. The topological polar surface area (TPSA) is 13.1 Å². The van der Waals surface area contributed by atoms with Crippen LogP contribution in [-0.4, -0.2) is 7.85 Å². The van der Waals surface area contributed by atoms with Crippen molar-refractivity contribution in [2.75, 3.05) is 0 Å². The second-order valence-corrected chi connectivity index (χ2v) is 4.52. The first-order valence-electron chi connectivity index (χ1n) is 5.92. The van der Waals surface area contributed by atoms with E-state index in [1.54, 1.807) is 0 Å². The molecule has 1 nitrogen and oxygen atoms in total. The third kappa shape index (κ3) is 1.23. The molecule has 1 aromatic heterocycles. The number of fused-ring (bicyclic) bond motifs is 5. The second-order valence-electron chi connectivity index (χ2n) is 4.52. The van der Waals surface area contributed by atoms with Crippen LogP contribution < -0.4 is 5.46 Å². The molecule has 0 aliphatic heterocycles. The smallest absolute Gasteiger partial charge is 0.136 e. The summed E-state index contributed by atoms with van der Waals surface area (Å²) in [6, 6.07) is 18.2. The highest BCUT2D eigenvalue weighted by atomic mass is 16.3. The Labute approximate surface area is 105 Å². The summed E-state index contributed by atoms with van der Waals surface area (Å²) in [5.74, 6) is 0. The zero-order valence-electron chi connectivity index (χ0n) is 9.68. The molecule has 1 heterocycles. The molecule has 3 aromatic carbocycles. The van der Waals surface area contributed by atoms with Gasteiger partial charge in [-0.15, -0.1) is 0 Å². The van der Waals surface area contributed by atoms with Crippen molar-refractivity contribution in [3.63, 3.8) is 0 Å². The zero-order valence-corrected chi connectivity index (χ0v) is 9.68. The molecule has 4 aromatic rings. The first-order chi connectivity index (χ1) is 8.83. The largest absolute Gasteiger partial charge is 0.456 e. The van der Waals surface area contributed by atoms with Gasteiger partial charge < -0.3 is 4.42 Å². The molecule has 18 heavy (non-hydrogen) atoms. The van der Waals surface area contributed by atoms with Gasteiger partial charge in [0.15, 0.2) is 0 Å². The van der Waals surface area contributed by atoms with Gasteiger partial charge in [0.2, 0.25) is 0 Å². The third-order valence-electron chi connectivity index (χ3n) is 3.38. The van der Waals surface area contributed by atoms with Gasteiger partial charge in [0, 0.05) is 10.8 Å². The molecule has 0 aliphatic rings. The Morgan fingerprint density at radius 3 is 2.56 bits per heavy atom. The average Bonchev–Trinajstić information content (AvgIpc) is 2.77. The minimum Gasteiger partial charge on any atom is -0.456 e. The van der Waals surface area contributed by atoms with Crippen molar-refractivity contribution in [1.82, 2.24) is 0 Å². The summed E-state index contributed by atoms with van der Waals surface area (Å²) >= 11 is 0. The van der Waals surface area contributed by atoms with Crippen LogP contribution in [0.15, 0.2) is 59.0 Å². The van der Waals surface area contributed by atoms with Crippen molar-refractivity contribution >= 4 is 46.0 Å². The van der Waals surface area contributed by atoms with Crippen molar-refractivity contribution in [3.8, 4) is 0 Å². The maximum absolute atomic E-state index is 5.88. The molecule has 0 saturated heterocycles. The molecule has 0 unspecified atom stereocenters. The Bertz CT molecular complexity index is 889. The van der Waals surface area contributed by atoms with E-state index in [2.05, 4.69) is 18.2 Å². The van der Waals surface area contributed by atoms with Crippen LogP contribution in [0.3, 0.4) is 0 Å². The number of furan rings is 1. The molecule has 0 bridgehead atoms. The van der Waals surface area contributed by atoms with E-state index >= 15 is 0 Å². The van der Waals surface area contributed by atoms with Crippen molar-refractivity contribution in [1.29, 1.82) is 0 Å². The summed E-state index contributed by atoms with van der Waals surface area (Å²) < 4.78 is 5.86. The average molecular weight is 228 g/mol. The molecular formula is C16H9BO. The highest BCUT2D eigenvalue weighted by Crippen LogP contribution is 2.33. The lowest BCUT2D eigenvalue weighted by molar-refractivity contribution is 0.669. The van der Waals surface area contributed by atoms with Crippen molar-refractivity contribution in [2.24, 2.45) is 0 Å². The van der Waals surface area contributed by atoms with Crippen molar-refractivity contribution in [3.05, 3.63) is 54.6 Å². The van der Waals surface area contributed by atoms with Gasteiger partial charge in [-0.2, -0.15) is 0 Å². The number of hydrogen-bond acceptors (Lipinski definition) is 1. The molecule has 0 fully saturated rings. The van der Waals surface area contributed by atoms with E-state index in [0.29, 0.717) is 0 Å². The standard InChI is InChI=1S/C16H9BO/c17-11-6-8-14-13(9-11)16-12-4-2-1-3-10(12)5-7-15(16)18-14/h1-9H. The van der Waals surface area contributed by atoms with Crippen LogP contribution in [0.1, 0.15) is 0 Å². The van der Waals surface area contributed by atoms with Crippen LogP contribution in [0, 0.1) is 0 Å². The second kappa shape index (κ2) is 3.39. The van der Waals surface area contributed by atoms with Gasteiger partial charge in [-0.05, 0) is 22.9 Å². The van der Waals surface area contributed by atoms with Gasteiger partial charge >= 0.3 is 0 Å². The molecule has 2 radical (unpaired) electrons. The van der Waals surface area contributed by atoms with E-state index in [1.165, 1.54) is 10.8 Å². The fourth-order valence-electron chi connectivity index (χ4n) is 2.56. The highest BCUT2D eigenvalue weighted by Gasteiger charge is 2.09. The van der Waals surface area contributed by atoms with E-state index in [1.807, 2.05) is 36.4 Å². The normalized spacial score (nSPS) is 11.6.